The van der Waals surface area contributed by atoms with E-state index < -0.39 is 38.6 Å². The standard InChI is InChI=1S/C43H84NO10P/c1-4-6-8-10-12-14-16-18-20-22-24-26-28-30-32-34-41(45)51-38-40(39-53-55(48,49)52-37-36-44-43(47)50-3)54-42(46)35-33-31-29-27-25-23-21-19-17-15-13-11-9-7-5-2/h40H,4-39H2,1-3H3,(H,44,47)(H,48,49)/t40-/m1/s1. The van der Waals surface area contributed by atoms with Crippen LogP contribution in [0.25, 0.3) is 0 Å². The van der Waals surface area contributed by atoms with Crippen LogP contribution in [0.3, 0.4) is 0 Å². The monoisotopic (exact) mass is 806 g/mol. The number of rotatable bonds is 42. The fourth-order valence-electron chi connectivity index (χ4n) is 6.50. The molecule has 11 nitrogen and oxygen atoms in total. The third kappa shape index (κ3) is 40.3. The van der Waals surface area contributed by atoms with Crippen molar-refractivity contribution >= 4 is 25.9 Å². The molecule has 0 aliphatic carbocycles. The molecule has 0 aromatic rings. The highest BCUT2D eigenvalue weighted by molar-refractivity contribution is 7.47. The molecule has 326 valence electrons. The topological polar surface area (TPSA) is 147 Å². The minimum absolute atomic E-state index is 0.0742. The Kier molecular flexibility index (Phi) is 39.3. The summed E-state index contributed by atoms with van der Waals surface area (Å²) >= 11 is 0. The molecule has 0 aromatic carbocycles. The maximum atomic E-state index is 12.7. The number of alkyl carbamates (subject to hydrolysis) is 1. The quantitative estimate of drug-likeness (QED) is 0.0264. The Morgan fingerprint density at radius 3 is 1.27 bits per heavy atom. The predicted octanol–water partition coefficient (Wildman–Crippen LogP) is 12.5. The predicted molar refractivity (Wildman–Crippen MR) is 222 cm³/mol. The Hall–Kier alpha value is -1.68. The van der Waals surface area contributed by atoms with E-state index in [-0.39, 0.29) is 32.6 Å². The second kappa shape index (κ2) is 40.5. The van der Waals surface area contributed by atoms with Crippen molar-refractivity contribution in [2.24, 2.45) is 0 Å². The van der Waals surface area contributed by atoms with Gasteiger partial charge >= 0.3 is 25.9 Å². The molecule has 0 spiro atoms. The van der Waals surface area contributed by atoms with Crippen LogP contribution in [-0.4, -0.2) is 62.5 Å². The number of amides is 1. The largest absolute Gasteiger partial charge is 0.472 e. The van der Waals surface area contributed by atoms with Crippen molar-refractivity contribution in [3.8, 4) is 0 Å². The van der Waals surface area contributed by atoms with Gasteiger partial charge in [-0.2, -0.15) is 0 Å². The number of phosphoric acid groups is 1. The van der Waals surface area contributed by atoms with E-state index in [0.29, 0.717) is 6.42 Å². The molecule has 0 saturated heterocycles. The van der Waals surface area contributed by atoms with Crippen molar-refractivity contribution in [2.45, 2.75) is 225 Å². The van der Waals surface area contributed by atoms with E-state index in [2.05, 4.69) is 23.9 Å². The van der Waals surface area contributed by atoms with Gasteiger partial charge in [0, 0.05) is 19.4 Å². The Bertz CT molecular complexity index is 937. The zero-order valence-electron chi connectivity index (χ0n) is 35.6. The second-order valence-electron chi connectivity index (χ2n) is 15.2. The summed E-state index contributed by atoms with van der Waals surface area (Å²) in [5.41, 5.74) is 0. The molecule has 0 saturated carbocycles. The molecule has 0 heterocycles. The first-order valence-corrected chi connectivity index (χ1v) is 24.0. The van der Waals surface area contributed by atoms with Gasteiger partial charge in [0.25, 0.3) is 0 Å². The van der Waals surface area contributed by atoms with E-state index in [1.165, 1.54) is 155 Å². The molecule has 55 heavy (non-hydrogen) atoms. The molecule has 0 aliphatic heterocycles. The van der Waals surface area contributed by atoms with Crippen LogP contribution in [0, 0.1) is 0 Å². The molecule has 2 atom stereocenters. The maximum absolute atomic E-state index is 12.7. The molecule has 0 fully saturated rings. The summed E-state index contributed by atoms with van der Waals surface area (Å²) in [5.74, 6) is -0.881. The van der Waals surface area contributed by atoms with Crippen molar-refractivity contribution in [3.05, 3.63) is 0 Å². The smallest absolute Gasteiger partial charge is 0.462 e. The molecule has 0 aromatic heterocycles. The molecular weight excluding hydrogens is 721 g/mol. The third-order valence-corrected chi connectivity index (χ3v) is 10.9. The fraction of sp³-hybridized carbons (Fsp3) is 0.930. The van der Waals surface area contributed by atoms with Crippen molar-refractivity contribution in [3.63, 3.8) is 0 Å². The molecule has 0 aliphatic rings. The lowest BCUT2D eigenvalue weighted by Gasteiger charge is -2.20. The minimum atomic E-state index is -4.53. The van der Waals surface area contributed by atoms with Crippen LogP contribution in [0.4, 0.5) is 4.79 Å². The maximum Gasteiger partial charge on any atom is 0.472 e. The summed E-state index contributed by atoms with van der Waals surface area (Å²) < 4.78 is 37.6. The number of unbranched alkanes of at least 4 members (excludes halogenated alkanes) is 28. The van der Waals surface area contributed by atoms with E-state index in [1.54, 1.807) is 0 Å². The van der Waals surface area contributed by atoms with Crippen molar-refractivity contribution < 1.29 is 47.1 Å². The zero-order valence-corrected chi connectivity index (χ0v) is 36.5. The third-order valence-electron chi connectivity index (χ3n) is 9.93. The Morgan fingerprint density at radius 2 is 0.891 bits per heavy atom. The van der Waals surface area contributed by atoms with Crippen molar-refractivity contribution in [1.29, 1.82) is 0 Å². The fourth-order valence-corrected chi connectivity index (χ4v) is 7.25. The van der Waals surface area contributed by atoms with Crippen LogP contribution in [0.5, 0.6) is 0 Å². The van der Waals surface area contributed by atoms with E-state index in [9.17, 15) is 23.8 Å². The number of nitrogens with one attached hydrogen (secondary N) is 1. The number of esters is 2. The van der Waals surface area contributed by atoms with Gasteiger partial charge in [-0.15, -0.1) is 0 Å². The van der Waals surface area contributed by atoms with Crippen molar-refractivity contribution in [1.82, 2.24) is 5.32 Å². The molecule has 2 N–H and O–H groups in total. The average Bonchev–Trinajstić information content (AvgIpc) is 3.17. The van der Waals surface area contributed by atoms with Crippen LogP contribution < -0.4 is 5.32 Å². The first kappa shape index (κ1) is 53.3. The van der Waals surface area contributed by atoms with Crippen LogP contribution in [0.2, 0.25) is 0 Å². The van der Waals surface area contributed by atoms with E-state index in [0.717, 1.165) is 38.5 Å². The summed E-state index contributed by atoms with van der Waals surface area (Å²) in [4.78, 5) is 46.4. The summed E-state index contributed by atoms with van der Waals surface area (Å²) in [6, 6.07) is 0. The molecule has 12 heteroatoms. The lowest BCUT2D eigenvalue weighted by atomic mass is 10.0. The van der Waals surface area contributed by atoms with Gasteiger partial charge < -0.3 is 24.4 Å². The van der Waals surface area contributed by atoms with Crippen LogP contribution in [0.15, 0.2) is 0 Å². The van der Waals surface area contributed by atoms with E-state index >= 15 is 0 Å². The van der Waals surface area contributed by atoms with Crippen LogP contribution in [-0.2, 0) is 37.4 Å². The number of carbonyl (C=O) groups excluding carboxylic acids is 3. The van der Waals surface area contributed by atoms with E-state index in [4.69, 9.17) is 18.5 Å². The lowest BCUT2D eigenvalue weighted by molar-refractivity contribution is -0.161. The van der Waals surface area contributed by atoms with Gasteiger partial charge in [0.05, 0.1) is 20.3 Å². The van der Waals surface area contributed by atoms with Gasteiger partial charge in [0.1, 0.15) is 6.61 Å². The highest BCUT2D eigenvalue weighted by atomic mass is 31.2. The van der Waals surface area contributed by atoms with Gasteiger partial charge in [-0.05, 0) is 12.8 Å². The molecule has 1 unspecified atom stereocenters. The molecule has 0 radical (unpaired) electrons. The summed E-state index contributed by atoms with van der Waals surface area (Å²) in [6.07, 6.45) is 35.7. The minimum Gasteiger partial charge on any atom is -0.462 e. The molecule has 0 bridgehead atoms. The Labute approximate surface area is 336 Å². The number of carbonyl (C=O) groups is 3. The SMILES string of the molecule is CCCCCCCCCCCCCCCCCC(=O)OC[C@H](COP(=O)(O)OCCNC(=O)OC)OC(=O)CCCCCCCCCCCCCCCCC. The first-order valence-electron chi connectivity index (χ1n) is 22.5. The molecular formula is C43H84NO10P. The van der Waals surface area contributed by atoms with E-state index in [1.807, 2.05) is 0 Å². The van der Waals surface area contributed by atoms with Crippen molar-refractivity contribution in [2.75, 3.05) is 33.5 Å². The van der Waals surface area contributed by atoms with Crippen LogP contribution in [0.1, 0.15) is 219 Å². The number of phosphoric ester groups is 1. The highest BCUT2D eigenvalue weighted by Crippen LogP contribution is 2.43. The number of hydrogen-bond acceptors (Lipinski definition) is 9. The zero-order chi connectivity index (χ0) is 40.5. The Morgan fingerprint density at radius 1 is 0.527 bits per heavy atom. The van der Waals surface area contributed by atoms with Gasteiger partial charge in [-0.25, -0.2) is 9.36 Å². The number of ether oxygens (including phenoxy) is 3. The second-order valence-corrected chi connectivity index (χ2v) is 16.7. The average molecular weight is 806 g/mol. The highest BCUT2D eigenvalue weighted by Gasteiger charge is 2.26. The normalized spacial score (nSPS) is 12.9. The van der Waals surface area contributed by atoms with Crippen LogP contribution >= 0.6 is 7.82 Å². The number of hydrogen-bond donors (Lipinski definition) is 2. The van der Waals surface area contributed by atoms with Gasteiger partial charge in [-0.3, -0.25) is 18.6 Å². The summed E-state index contributed by atoms with van der Waals surface area (Å²) in [6.45, 7) is 3.35. The first-order chi connectivity index (χ1) is 26.7. The lowest BCUT2D eigenvalue weighted by Crippen LogP contribution is -2.30. The summed E-state index contributed by atoms with van der Waals surface area (Å²) in [7, 11) is -3.33. The number of methoxy groups -OCH3 is 1. The van der Waals surface area contributed by atoms with Gasteiger partial charge in [0.2, 0.25) is 0 Å². The Balaban J connectivity index is 4.32. The molecule has 1 amide bonds. The summed E-state index contributed by atoms with van der Waals surface area (Å²) in [5, 5.41) is 2.33. The molecule has 0 rings (SSSR count). The van der Waals surface area contributed by atoms with Gasteiger partial charge in [-0.1, -0.05) is 194 Å². The van der Waals surface area contributed by atoms with Gasteiger partial charge in [0.15, 0.2) is 6.10 Å².